The Bertz CT molecular complexity index is 3200. The Morgan fingerprint density at radius 2 is 0.857 bits per heavy atom. The summed E-state index contributed by atoms with van der Waals surface area (Å²) < 4.78 is 97.5. The zero-order valence-corrected chi connectivity index (χ0v) is 26.5. The second kappa shape index (κ2) is 12.4. The Balaban J connectivity index is 1.24. The van der Waals surface area contributed by atoms with Crippen molar-refractivity contribution in [2.24, 2.45) is 0 Å². The minimum Gasteiger partial charge on any atom is -0.208 e. The van der Waals surface area contributed by atoms with Crippen molar-refractivity contribution in [3.63, 3.8) is 0 Å². The van der Waals surface area contributed by atoms with Crippen LogP contribution in [-0.2, 0) is 0 Å². The zero-order valence-electron chi connectivity index (χ0n) is 36.6. The molecule has 3 nitrogen and oxygen atoms in total. The van der Waals surface area contributed by atoms with Crippen LogP contribution in [0.2, 0.25) is 0 Å². The van der Waals surface area contributed by atoms with E-state index in [4.69, 9.17) is 28.7 Å². The molecule has 0 radical (unpaired) electrons. The smallest absolute Gasteiger partial charge is 0.164 e. The van der Waals surface area contributed by atoms with Crippen LogP contribution in [0.3, 0.4) is 0 Å². The Hall–Kier alpha value is -6.23. The van der Waals surface area contributed by atoms with Crippen molar-refractivity contribution in [2.45, 2.75) is 0 Å². The Labute approximate surface area is 304 Å². The second-order valence-electron chi connectivity index (χ2n) is 11.2. The highest BCUT2D eigenvalue weighted by Crippen LogP contribution is 2.40. The SMILES string of the molecule is [2H]c1c([2H])c(-c2nc(-c3ccccc3)nc(-c3ccc(-c4ccc(-c5ccccc5)cc4)cc3)n2)c([2H])c(-c2c([2H])c([2H])c([2H])c3sc4c([2H])c([2H])c([2H])c([2H])c4c23)c1[2H]. The van der Waals surface area contributed by atoms with Gasteiger partial charge < -0.3 is 0 Å². The van der Waals surface area contributed by atoms with Crippen LogP contribution in [0, 0.1) is 0 Å². The lowest BCUT2D eigenvalue weighted by Gasteiger charge is -2.11. The van der Waals surface area contributed by atoms with Crippen LogP contribution in [-0.4, -0.2) is 15.0 Å². The molecule has 0 atom stereocenters. The number of hydrogen-bond donors (Lipinski definition) is 0. The lowest BCUT2D eigenvalue weighted by Crippen LogP contribution is -2.00. The first-order valence-electron chi connectivity index (χ1n) is 21.0. The average Bonchev–Trinajstić information content (AvgIpc) is 3.69. The third-order valence-electron chi connectivity index (χ3n) is 8.18. The summed E-state index contributed by atoms with van der Waals surface area (Å²) in [6.45, 7) is 0. The molecule has 0 saturated heterocycles. The molecule has 0 fully saturated rings. The number of rotatable bonds is 6. The molecule has 0 unspecified atom stereocenters. The molecule has 7 aromatic carbocycles. The summed E-state index contributed by atoms with van der Waals surface area (Å²) in [6, 6.07) is 29.4. The molecule has 0 N–H and O–H groups in total. The first kappa shape index (κ1) is 19.6. The second-order valence-corrected chi connectivity index (χ2v) is 12.2. The monoisotopic (exact) mass is 654 g/mol. The van der Waals surface area contributed by atoms with E-state index in [-0.39, 0.29) is 66.4 Å². The predicted octanol–water partition coefficient (Wildman–Crippen LogP) is 12.2. The van der Waals surface area contributed by atoms with Crippen LogP contribution >= 0.6 is 11.3 Å². The first-order chi connectivity index (χ1) is 28.8. The molecule has 2 heterocycles. The number of hydrogen-bond acceptors (Lipinski definition) is 4. The molecule has 0 amide bonds. The van der Waals surface area contributed by atoms with Crippen LogP contribution in [0.15, 0.2) is 176 Å². The fourth-order valence-corrected chi connectivity index (χ4v) is 6.73. The van der Waals surface area contributed by atoms with E-state index in [1.807, 2.05) is 60.7 Å². The minimum atomic E-state index is -0.614. The van der Waals surface area contributed by atoms with Crippen molar-refractivity contribution < 1.29 is 15.1 Å². The molecule has 0 aliphatic carbocycles. The van der Waals surface area contributed by atoms with E-state index in [1.54, 1.807) is 12.1 Å². The largest absolute Gasteiger partial charge is 0.208 e. The number of thiophene rings is 1. The maximum Gasteiger partial charge on any atom is 0.164 e. The predicted molar refractivity (Wildman–Crippen MR) is 205 cm³/mol. The number of nitrogens with zero attached hydrogens (tertiary/aromatic N) is 3. The van der Waals surface area contributed by atoms with Crippen LogP contribution in [0.4, 0.5) is 0 Å². The molecule has 0 bridgehead atoms. The normalized spacial score (nSPS) is 14.4. The zero-order chi connectivity index (χ0) is 42.1. The van der Waals surface area contributed by atoms with Crippen LogP contribution in [0.5, 0.6) is 0 Å². The molecule has 9 aromatic rings. The van der Waals surface area contributed by atoms with Crippen LogP contribution in [0.25, 0.3) is 87.7 Å². The first-order valence-corrected chi connectivity index (χ1v) is 16.3. The fourth-order valence-electron chi connectivity index (χ4n) is 5.76. The molecule has 4 heteroatoms. The van der Waals surface area contributed by atoms with Gasteiger partial charge in [-0.05, 0) is 51.5 Å². The van der Waals surface area contributed by atoms with E-state index >= 15 is 0 Å². The minimum absolute atomic E-state index is 0.00538. The van der Waals surface area contributed by atoms with Gasteiger partial charge in [-0.25, -0.2) is 15.0 Å². The maximum atomic E-state index is 9.61. The molecular formula is C45H29N3S. The summed E-state index contributed by atoms with van der Waals surface area (Å²) >= 11 is 0.860. The highest BCUT2D eigenvalue weighted by Gasteiger charge is 2.15. The van der Waals surface area contributed by atoms with Gasteiger partial charge in [-0.3, -0.25) is 0 Å². The van der Waals surface area contributed by atoms with Gasteiger partial charge in [0.2, 0.25) is 0 Å². The van der Waals surface area contributed by atoms with Crippen molar-refractivity contribution in [3.05, 3.63) is 176 Å². The summed E-state index contributed by atoms with van der Waals surface area (Å²) in [4.78, 5) is 14.3. The summed E-state index contributed by atoms with van der Waals surface area (Å²) in [6.07, 6.45) is 0. The van der Waals surface area contributed by atoms with E-state index in [0.29, 0.717) is 11.1 Å². The van der Waals surface area contributed by atoms with E-state index in [0.717, 1.165) is 33.6 Å². The molecule has 0 saturated carbocycles. The van der Waals surface area contributed by atoms with Gasteiger partial charge in [-0.1, -0.05) is 158 Å². The number of benzene rings is 7. The lowest BCUT2D eigenvalue weighted by atomic mass is 9.98. The molecule has 2 aromatic heterocycles. The van der Waals surface area contributed by atoms with E-state index in [9.17, 15) is 1.37 Å². The Morgan fingerprint density at radius 3 is 1.51 bits per heavy atom. The van der Waals surface area contributed by atoms with Crippen LogP contribution in [0.1, 0.15) is 15.1 Å². The third kappa shape index (κ3) is 5.58. The molecule has 9 rings (SSSR count). The summed E-state index contributed by atoms with van der Waals surface area (Å²) in [5.74, 6) is 0.280. The van der Waals surface area contributed by atoms with E-state index in [1.165, 1.54) is 0 Å². The van der Waals surface area contributed by atoms with Crippen molar-refractivity contribution in [3.8, 4) is 67.5 Å². The Kier molecular flexibility index (Phi) is 4.96. The summed E-state index contributed by atoms with van der Waals surface area (Å²) in [5, 5.41) is -0.0292. The van der Waals surface area contributed by atoms with E-state index in [2.05, 4.69) is 36.4 Å². The standard InChI is InChI=1S/C45H29N3S/c1-3-11-30(12-4-1)31-21-23-32(24-22-31)33-25-27-35(28-26-33)44-46-43(34-13-5-2-6-14-34)47-45(48-44)37-16-9-15-36(29-37)38-18-10-20-41-42(38)39-17-7-8-19-40(39)49-41/h1-29H/i7D,8D,9D,10D,15D,16D,17D,18D,19D,20D,29D. The summed E-state index contributed by atoms with van der Waals surface area (Å²) in [5.41, 5.74) is 4.57. The van der Waals surface area contributed by atoms with Gasteiger partial charge >= 0.3 is 0 Å². The highest BCUT2D eigenvalue weighted by molar-refractivity contribution is 7.25. The van der Waals surface area contributed by atoms with Crippen molar-refractivity contribution in [2.75, 3.05) is 0 Å². The van der Waals surface area contributed by atoms with Gasteiger partial charge in [0, 0.05) is 36.9 Å². The lowest BCUT2D eigenvalue weighted by molar-refractivity contribution is 1.07. The Morgan fingerprint density at radius 1 is 0.388 bits per heavy atom. The molecule has 49 heavy (non-hydrogen) atoms. The van der Waals surface area contributed by atoms with Crippen molar-refractivity contribution in [1.82, 2.24) is 15.0 Å². The van der Waals surface area contributed by atoms with Gasteiger partial charge in [0.05, 0.1) is 15.1 Å². The molecule has 0 aliphatic heterocycles. The van der Waals surface area contributed by atoms with Crippen molar-refractivity contribution >= 4 is 31.5 Å². The summed E-state index contributed by atoms with van der Waals surface area (Å²) in [7, 11) is 0. The van der Waals surface area contributed by atoms with Gasteiger partial charge in [-0.15, -0.1) is 11.3 Å². The molecular weight excluding hydrogens is 615 g/mol. The molecule has 0 aliphatic rings. The quantitative estimate of drug-likeness (QED) is 0.179. The van der Waals surface area contributed by atoms with E-state index < -0.39 is 54.4 Å². The van der Waals surface area contributed by atoms with Crippen LogP contribution < -0.4 is 0 Å². The van der Waals surface area contributed by atoms with Gasteiger partial charge in [-0.2, -0.15) is 0 Å². The topological polar surface area (TPSA) is 38.7 Å². The fraction of sp³-hybridized carbons (Fsp3) is 0. The molecule has 0 spiro atoms. The van der Waals surface area contributed by atoms with Gasteiger partial charge in [0.15, 0.2) is 17.5 Å². The third-order valence-corrected chi connectivity index (χ3v) is 9.20. The van der Waals surface area contributed by atoms with Gasteiger partial charge in [0.25, 0.3) is 0 Å². The maximum absolute atomic E-state index is 9.61. The highest BCUT2D eigenvalue weighted by atomic mass is 32.1. The average molecular weight is 655 g/mol. The molecule has 230 valence electrons. The van der Waals surface area contributed by atoms with Gasteiger partial charge in [0.1, 0.15) is 0 Å². The number of fused-ring (bicyclic) bond motifs is 3. The number of aromatic nitrogens is 3. The van der Waals surface area contributed by atoms with Crippen molar-refractivity contribution in [1.29, 1.82) is 0 Å².